The molecule has 1 aromatic carbocycles. The molecule has 1 fully saturated rings. The third-order valence-electron chi connectivity index (χ3n) is 4.53. The molecule has 2 heterocycles. The van der Waals surface area contributed by atoms with Crippen molar-refractivity contribution in [1.82, 2.24) is 9.80 Å². The summed E-state index contributed by atoms with van der Waals surface area (Å²) in [7, 11) is 0. The van der Waals surface area contributed by atoms with E-state index in [-0.39, 0.29) is 24.9 Å². The number of nitrogens with zero attached hydrogens (tertiary/aromatic N) is 2. The van der Waals surface area contributed by atoms with Gasteiger partial charge in [0.15, 0.2) is 0 Å². The number of imide groups is 1. The standard InChI is InChI=1S/C17H18N2O5/c1-10-4-5-12-13(7-10)17(24)19(16(12)23)9-14(20)18-6-2-3-11(18)8-15(21)22/h4-5,7,11H,2-3,6,8-9H2,1H3,(H,21,22). The lowest BCUT2D eigenvalue weighted by Gasteiger charge is -2.25. The molecule has 2 aliphatic rings. The largest absolute Gasteiger partial charge is 0.481 e. The lowest BCUT2D eigenvalue weighted by Crippen LogP contribution is -2.45. The highest BCUT2D eigenvalue weighted by Crippen LogP contribution is 2.25. The van der Waals surface area contributed by atoms with Crippen molar-refractivity contribution in [2.45, 2.75) is 32.2 Å². The van der Waals surface area contributed by atoms with E-state index in [1.165, 1.54) is 4.90 Å². The fourth-order valence-electron chi connectivity index (χ4n) is 3.35. The summed E-state index contributed by atoms with van der Waals surface area (Å²) in [6.45, 7) is 1.94. The second-order valence-corrected chi connectivity index (χ2v) is 6.23. The minimum Gasteiger partial charge on any atom is -0.481 e. The monoisotopic (exact) mass is 330 g/mol. The third-order valence-corrected chi connectivity index (χ3v) is 4.53. The number of rotatable bonds is 4. The Bertz CT molecular complexity index is 742. The first-order valence-corrected chi connectivity index (χ1v) is 7.86. The second kappa shape index (κ2) is 6.07. The number of fused-ring (bicyclic) bond motifs is 1. The molecule has 0 aliphatic carbocycles. The van der Waals surface area contributed by atoms with Crippen molar-refractivity contribution in [3.63, 3.8) is 0 Å². The van der Waals surface area contributed by atoms with Crippen molar-refractivity contribution < 1.29 is 24.3 Å². The van der Waals surface area contributed by atoms with Crippen LogP contribution in [0.5, 0.6) is 0 Å². The van der Waals surface area contributed by atoms with Gasteiger partial charge in [0.05, 0.1) is 17.5 Å². The Morgan fingerprint density at radius 1 is 1.21 bits per heavy atom. The zero-order chi connectivity index (χ0) is 17.4. The number of likely N-dealkylation sites (tertiary alicyclic amines) is 1. The first kappa shape index (κ1) is 16.2. The average molecular weight is 330 g/mol. The van der Waals surface area contributed by atoms with Crippen LogP contribution in [0.4, 0.5) is 0 Å². The van der Waals surface area contributed by atoms with Gasteiger partial charge in [0.1, 0.15) is 6.54 Å². The lowest BCUT2D eigenvalue weighted by molar-refractivity contribution is -0.140. The summed E-state index contributed by atoms with van der Waals surface area (Å²) in [6.07, 6.45) is 1.23. The molecule has 1 atom stereocenters. The zero-order valence-corrected chi connectivity index (χ0v) is 13.3. The number of amides is 3. The Morgan fingerprint density at radius 3 is 2.62 bits per heavy atom. The van der Waals surface area contributed by atoms with Gasteiger partial charge in [-0.15, -0.1) is 0 Å². The summed E-state index contributed by atoms with van der Waals surface area (Å²) in [5, 5.41) is 8.93. The smallest absolute Gasteiger partial charge is 0.305 e. The molecule has 0 saturated carbocycles. The Balaban J connectivity index is 1.75. The van der Waals surface area contributed by atoms with Crippen LogP contribution in [0.2, 0.25) is 0 Å². The molecular formula is C17H18N2O5. The van der Waals surface area contributed by atoms with Gasteiger partial charge in [-0.2, -0.15) is 0 Å². The van der Waals surface area contributed by atoms with Gasteiger partial charge in [0.25, 0.3) is 11.8 Å². The second-order valence-electron chi connectivity index (χ2n) is 6.23. The van der Waals surface area contributed by atoms with Crippen LogP contribution >= 0.6 is 0 Å². The van der Waals surface area contributed by atoms with Gasteiger partial charge in [-0.25, -0.2) is 0 Å². The minimum absolute atomic E-state index is 0.118. The SMILES string of the molecule is Cc1ccc2c(c1)C(=O)N(CC(=O)N1CCCC1CC(=O)O)C2=O. The van der Waals surface area contributed by atoms with Crippen molar-refractivity contribution in [3.8, 4) is 0 Å². The maximum absolute atomic E-state index is 12.5. The molecule has 1 aromatic rings. The molecule has 1 N–H and O–H groups in total. The molecule has 0 spiro atoms. The van der Waals surface area contributed by atoms with Crippen molar-refractivity contribution in [2.75, 3.05) is 13.1 Å². The summed E-state index contributed by atoms with van der Waals surface area (Å²) in [6, 6.07) is 4.62. The lowest BCUT2D eigenvalue weighted by atomic mass is 10.1. The third kappa shape index (κ3) is 2.77. The van der Waals surface area contributed by atoms with E-state index in [0.29, 0.717) is 24.1 Å². The van der Waals surface area contributed by atoms with Crippen molar-refractivity contribution in [2.24, 2.45) is 0 Å². The molecule has 2 aliphatic heterocycles. The number of benzene rings is 1. The van der Waals surface area contributed by atoms with Crippen LogP contribution in [-0.4, -0.2) is 57.7 Å². The normalized spacial score (nSPS) is 19.8. The molecule has 7 heteroatoms. The van der Waals surface area contributed by atoms with Gasteiger partial charge >= 0.3 is 5.97 Å². The number of aryl methyl sites for hydroxylation is 1. The number of aliphatic carboxylic acids is 1. The Morgan fingerprint density at radius 2 is 1.92 bits per heavy atom. The molecule has 7 nitrogen and oxygen atoms in total. The Labute approximate surface area is 138 Å². The van der Waals surface area contributed by atoms with Gasteiger partial charge in [0, 0.05) is 12.6 Å². The van der Waals surface area contributed by atoms with E-state index in [2.05, 4.69) is 0 Å². The highest BCUT2D eigenvalue weighted by Gasteiger charge is 2.39. The van der Waals surface area contributed by atoms with E-state index < -0.39 is 17.8 Å². The first-order valence-electron chi connectivity index (χ1n) is 7.86. The van der Waals surface area contributed by atoms with Crippen LogP contribution < -0.4 is 0 Å². The van der Waals surface area contributed by atoms with E-state index in [4.69, 9.17) is 5.11 Å². The van der Waals surface area contributed by atoms with Crippen LogP contribution in [0.3, 0.4) is 0 Å². The van der Waals surface area contributed by atoms with Crippen molar-refractivity contribution >= 4 is 23.7 Å². The molecular weight excluding hydrogens is 312 g/mol. The van der Waals surface area contributed by atoms with Gasteiger partial charge in [0.2, 0.25) is 5.91 Å². The molecule has 1 unspecified atom stereocenters. The number of carbonyl (C=O) groups excluding carboxylic acids is 3. The highest BCUT2D eigenvalue weighted by atomic mass is 16.4. The summed E-state index contributed by atoms with van der Waals surface area (Å²) in [4.78, 5) is 50.6. The Kier molecular flexibility index (Phi) is 4.09. The van der Waals surface area contributed by atoms with E-state index in [0.717, 1.165) is 16.9 Å². The van der Waals surface area contributed by atoms with Crippen molar-refractivity contribution in [3.05, 3.63) is 34.9 Å². The van der Waals surface area contributed by atoms with Gasteiger partial charge in [-0.3, -0.25) is 24.1 Å². The van der Waals surface area contributed by atoms with Crippen LogP contribution in [0.1, 0.15) is 45.5 Å². The predicted octanol–water partition coefficient (Wildman–Crippen LogP) is 1.06. The quantitative estimate of drug-likeness (QED) is 0.833. The van der Waals surface area contributed by atoms with Crippen LogP contribution in [0.15, 0.2) is 18.2 Å². The maximum atomic E-state index is 12.5. The molecule has 24 heavy (non-hydrogen) atoms. The summed E-state index contributed by atoms with van der Waals surface area (Å²) in [5.41, 5.74) is 1.49. The van der Waals surface area contributed by atoms with E-state index in [1.54, 1.807) is 18.2 Å². The minimum atomic E-state index is -0.962. The van der Waals surface area contributed by atoms with E-state index >= 15 is 0 Å². The predicted molar refractivity (Wildman–Crippen MR) is 83.5 cm³/mol. The van der Waals surface area contributed by atoms with Gasteiger partial charge in [-0.1, -0.05) is 11.6 Å². The van der Waals surface area contributed by atoms with E-state index in [1.807, 2.05) is 6.92 Å². The maximum Gasteiger partial charge on any atom is 0.305 e. The van der Waals surface area contributed by atoms with E-state index in [9.17, 15) is 19.2 Å². The number of hydrogen-bond acceptors (Lipinski definition) is 4. The number of hydrogen-bond donors (Lipinski definition) is 1. The van der Waals surface area contributed by atoms with Gasteiger partial charge < -0.3 is 10.0 Å². The topological polar surface area (TPSA) is 95.0 Å². The number of carboxylic acid groups (broad SMARTS) is 1. The number of carbonyl (C=O) groups is 4. The average Bonchev–Trinajstić information content (AvgIpc) is 3.06. The van der Waals surface area contributed by atoms with Crippen LogP contribution in [-0.2, 0) is 9.59 Å². The molecule has 0 radical (unpaired) electrons. The molecule has 0 aromatic heterocycles. The molecule has 0 bridgehead atoms. The van der Waals surface area contributed by atoms with Crippen LogP contribution in [0.25, 0.3) is 0 Å². The van der Waals surface area contributed by atoms with Crippen LogP contribution in [0, 0.1) is 6.92 Å². The molecule has 1 saturated heterocycles. The molecule has 3 amide bonds. The summed E-state index contributed by atoms with van der Waals surface area (Å²) in [5.74, 6) is -2.29. The van der Waals surface area contributed by atoms with Crippen molar-refractivity contribution in [1.29, 1.82) is 0 Å². The Hall–Kier alpha value is -2.70. The molecule has 3 rings (SSSR count). The fraction of sp³-hybridized carbons (Fsp3) is 0.412. The highest BCUT2D eigenvalue weighted by molar-refractivity contribution is 6.22. The fourth-order valence-corrected chi connectivity index (χ4v) is 3.35. The summed E-state index contributed by atoms with van der Waals surface area (Å²) < 4.78 is 0. The molecule has 126 valence electrons. The van der Waals surface area contributed by atoms with Gasteiger partial charge in [-0.05, 0) is 31.9 Å². The summed E-state index contributed by atoms with van der Waals surface area (Å²) >= 11 is 0. The first-order chi connectivity index (χ1) is 11.4. The zero-order valence-electron chi connectivity index (χ0n) is 13.3. The number of carboxylic acids is 1.